The normalized spacial score (nSPS) is 18.1. The van der Waals surface area contributed by atoms with Crippen LogP contribution in [0.2, 0.25) is 0 Å². The molecule has 0 aliphatic carbocycles. The summed E-state index contributed by atoms with van der Waals surface area (Å²) in [6.45, 7) is 2.23. The van der Waals surface area contributed by atoms with E-state index in [1.807, 2.05) is 18.3 Å². The molecule has 0 amide bonds. The molecule has 0 radical (unpaired) electrons. The molecular formula is C10H14BrN3. The second kappa shape index (κ2) is 4.75. The first-order chi connectivity index (χ1) is 6.84. The lowest BCUT2D eigenvalue weighted by atomic mass is 10.1. The number of halogens is 1. The van der Waals surface area contributed by atoms with Crippen molar-refractivity contribution in [1.82, 2.24) is 10.3 Å². The monoisotopic (exact) mass is 255 g/mol. The van der Waals surface area contributed by atoms with Crippen molar-refractivity contribution in [2.75, 3.05) is 18.4 Å². The summed E-state index contributed by atoms with van der Waals surface area (Å²) in [5.41, 5.74) is 1.15. The Labute approximate surface area is 92.4 Å². The maximum absolute atomic E-state index is 4.10. The smallest absolute Gasteiger partial charge is 0.108 e. The highest BCUT2D eigenvalue weighted by molar-refractivity contribution is 9.10. The first kappa shape index (κ1) is 9.93. The standard InChI is InChI=1S/C10H14BrN3/c11-10-7-9(3-6-13-10)14-8-1-4-12-5-2-8/h3,6-8,12H,1-2,4-5H2,(H,13,14). The molecule has 2 heterocycles. The number of nitrogens with one attached hydrogen (secondary N) is 2. The van der Waals surface area contributed by atoms with Crippen LogP contribution in [-0.2, 0) is 0 Å². The zero-order valence-electron chi connectivity index (χ0n) is 7.96. The van der Waals surface area contributed by atoms with Crippen LogP contribution in [0.4, 0.5) is 5.69 Å². The minimum atomic E-state index is 0.602. The summed E-state index contributed by atoms with van der Waals surface area (Å²) in [5, 5.41) is 6.86. The van der Waals surface area contributed by atoms with Crippen LogP contribution in [-0.4, -0.2) is 24.1 Å². The Morgan fingerprint density at radius 3 is 2.93 bits per heavy atom. The van der Waals surface area contributed by atoms with Crippen LogP contribution in [0.15, 0.2) is 22.9 Å². The summed E-state index contributed by atoms with van der Waals surface area (Å²) in [6.07, 6.45) is 4.20. The van der Waals surface area contributed by atoms with Crippen molar-refractivity contribution in [3.05, 3.63) is 22.9 Å². The van der Waals surface area contributed by atoms with Gasteiger partial charge in [-0.2, -0.15) is 0 Å². The van der Waals surface area contributed by atoms with Gasteiger partial charge in [-0.15, -0.1) is 0 Å². The van der Waals surface area contributed by atoms with Crippen LogP contribution in [0.3, 0.4) is 0 Å². The van der Waals surface area contributed by atoms with Crippen molar-refractivity contribution in [3.63, 3.8) is 0 Å². The fourth-order valence-corrected chi connectivity index (χ4v) is 2.06. The van der Waals surface area contributed by atoms with Crippen LogP contribution in [0.25, 0.3) is 0 Å². The van der Waals surface area contributed by atoms with E-state index in [9.17, 15) is 0 Å². The molecule has 0 bridgehead atoms. The highest BCUT2D eigenvalue weighted by Gasteiger charge is 2.12. The molecule has 2 N–H and O–H groups in total. The minimum absolute atomic E-state index is 0.602. The van der Waals surface area contributed by atoms with Gasteiger partial charge in [-0.05, 0) is 54.0 Å². The number of hydrogen-bond acceptors (Lipinski definition) is 3. The molecule has 1 aromatic rings. The summed E-state index contributed by atoms with van der Waals surface area (Å²) in [4.78, 5) is 4.10. The second-order valence-corrected chi connectivity index (χ2v) is 4.35. The molecule has 1 aromatic heterocycles. The number of nitrogens with zero attached hydrogens (tertiary/aromatic N) is 1. The van der Waals surface area contributed by atoms with E-state index in [4.69, 9.17) is 0 Å². The zero-order valence-corrected chi connectivity index (χ0v) is 9.55. The SMILES string of the molecule is Brc1cc(NC2CCNCC2)ccn1. The molecular weight excluding hydrogens is 242 g/mol. The largest absolute Gasteiger partial charge is 0.382 e. The third kappa shape index (κ3) is 2.69. The van der Waals surface area contributed by atoms with Gasteiger partial charge in [0.1, 0.15) is 4.60 Å². The van der Waals surface area contributed by atoms with E-state index < -0.39 is 0 Å². The van der Waals surface area contributed by atoms with Gasteiger partial charge in [0.25, 0.3) is 0 Å². The molecule has 0 spiro atoms. The molecule has 0 unspecified atom stereocenters. The predicted molar refractivity (Wildman–Crippen MR) is 61.5 cm³/mol. The fraction of sp³-hybridized carbons (Fsp3) is 0.500. The van der Waals surface area contributed by atoms with E-state index in [0.29, 0.717) is 6.04 Å². The average molecular weight is 256 g/mol. The molecule has 1 saturated heterocycles. The molecule has 76 valence electrons. The van der Waals surface area contributed by atoms with Crippen LogP contribution in [0.5, 0.6) is 0 Å². The Bertz CT molecular complexity index is 297. The Balaban J connectivity index is 1.95. The Morgan fingerprint density at radius 2 is 2.21 bits per heavy atom. The van der Waals surface area contributed by atoms with Crippen molar-refractivity contribution >= 4 is 21.6 Å². The Kier molecular flexibility index (Phi) is 3.37. The topological polar surface area (TPSA) is 37.0 Å². The van der Waals surface area contributed by atoms with Crippen LogP contribution < -0.4 is 10.6 Å². The lowest BCUT2D eigenvalue weighted by Gasteiger charge is -2.24. The van der Waals surface area contributed by atoms with Crippen molar-refractivity contribution in [3.8, 4) is 0 Å². The van der Waals surface area contributed by atoms with Gasteiger partial charge in [0.15, 0.2) is 0 Å². The van der Waals surface area contributed by atoms with Crippen LogP contribution >= 0.6 is 15.9 Å². The highest BCUT2D eigenvalue weighted by atomic mass is 79.9. The van der Waals surface area contributed by atoms with Crippen LogP contribution in [0, 0.1) is 0 Å². The summed E-state index contributed by atoms with van der Waals surface area (Å²) in [5.74, 6) is 0. The van der Waals surface area contributed by atoms with Gasteiger partial charge in [-0.25, -0.2) is 4.98 Å². The van der Waals surface area contributed by atoms with E-state index in [1.54, 1.807) is 0 Å². The van der Waals surface area contributed by atoms with Gasteiger partial charge < -0.3 is 10.6 Å². The highest BCUT2D eigenvalue weighted by Crippen LogP contribution is 2.16. The Morgan fingerprint density at radius 1 is 1.43 bits per heavy atom. The van der Waals surface area contributed by atoms with E-state index in [2.05, 4.69) is 31.5 Å². The van der Waals surface area contributed by atoms with E-state index in [0.717, 1.165) is 23.4 Å². The summed E-state index contributed by atoms with van der Waals surface area (Å²) >= 11 is 3.36. The molecule has 0 aromatic carbocycles. The maximum atomic E-state index is 4.10. The number of hydrogen-bond donors (Lipinski definition) is 2. The second-order valence-electron chi connectivity index (χ2n) is 3.54. The van der Waals surface area contributed by atoms with Gasteiger partial charge in [0, 0.05) is 17.9 Å². The molecule has 2 rings (SSSR count). The molecule has 1 aliphatic heterocycles. The summed E-state index contributed by atoms with van der Waals surface area (Å²) in [6, 6.07) is 4.63. The van der Waals surface area contributed by atoms with Crippen LogP contribution in [0.1, 0.15) is 12.8 Å². The van der Waals surface area contributed by atoms with E-state index in [-0.39, 0.29) is 0 Å². The minimum Gasteiger partial charge on any atom is -0.382 e. The van der Waals surface area contributed by atoms with Crippen molar-refractivity contribution in [2.45, 2.75) is 18.9 Å². The summed E-state index contributed by atoms with van der Waals surface area (Å²) in [7, 11) is 0. The van der Waals surface area contributed by atoms with Gasteiger partial charge in [0.2, 0.25) is 0 Å². The van der Waals surface area contributed by atoms with Crippen molar-refractivity contribution in [1.29, 1.82) is 0 Å². The quantitative estimate of drug-likeness (QED) is 0.795. The Hall–Kier alpha value is -0.610. The third-order valence-electron chi connectivity index (χ3n) is 2.44. The van der Waals surface area contributed by atoms with Gasteiger partial charge >= 0.3 is 0 Å². The molecule has 1 aliphatic rings. The molecule has 14 heavy (non-hydrogen) atoms. The third-order valence-corrected chi connectivity index (χ3v) is 2.87. The van der Waals surface area contributed by atoms with Crippen molar-refractivity contribution < 1.29 is 0 Å². The number of aromatic nitrogens is 1. The van der Waals surface area contributed by atoms with E-state index >= 15 is 0 Å². The predicted octanol–water partition coefficient (Wildman–Crippen LogP) is 2.01. The number of piperidine rings is 1. The molecule has 0 atom stereocenters. The zero-order chi connectivity index (χ0) is 9.80. The average Bonchev–Trinajstić information content (AvgIpc) is 2.19. The number of rotatable bonds is 2. The molecule has 0 saturated carbocycles. The van der Waals surface area contributed by atoms with Gasteiger partial charge in [-0.1, -0.05) is 0 Å². The maximum Gasteiger partial charge on any atom is 0.108 e. The van der Waals surface area contributed by atoms with Gasteiger partial charge in [-0.3, -0.25) is 0 Å². The number of anilines is 1. The first-order valence-corrected chi connectivity index (χ1v) is 5.73. The molecule has 4 heteroatoms. The summed E-state index contributed by atoms with van der Waals surface area (Å²) < 4.78 is 0.886. The van der Waals surface area contributed by atoms with Gasteiger partial charge in [0.05, 0.1) is 0 Å². The van der Waals surface area contributed by atoms with Crippen molar-refractivity contribution in [2.24, 2.45) is 0 Å². The molecule has 1 fully saturated rings. The first-order valence-electron chi connectivity index (χ1n) is 4.93. The molecule has 3 nitrogen and oxygen atoms in total. The fourth-order valence-electron chi connectivity index (χ4n) is 1.69. The lowest BCUT2D eigenvalue weighted by molar-refractivity contribution is 0.479. The number of pyridine rings is 1. The van der Waals surface area contributed by atoms with E-state index in [1.165, 1.54) is 12.8 Å². The lowest BCUT2D eigenvalue weighted by Crippen LogP contribution is -2.35.